The van der Waals surface area contributed by atoms with Crippen molar-refractivity contribution in [1.29, 1.82) is 0 Å². The van der Waals surface area contributed by atoms with Crippen LogP contribution in [0.15, 0.2) is 24.4 Å². The van der Waals surface area contributed by atoms with Crippen molar-refractivity contribution in [1.82, 2.24) is 4.98 Å². The molecule has 18 heavy (non-hydrogen) atoms. The van der Waals surface area contributed by atoms with Crippen LogP contribution in [0.2, 0.25) is 5.02 Å². The number of aromatic nitrogens is 1. The zero-order valence-electron chi connectivity index (χ0n) is 10.8. The Morgan fingerprint density at radius 3 is 2.94 bits per heavy atom. The molecule has 0 fully saturated rings. The molecule has 1 heterocycles. The number of hydrogen-bond acceptors (Lipinski definition) is 1. The maximum atomic E-state index is 5.96. The van der Waals surface area contributed by atoms with Gasteiger partial charge in [-0.15, -0.1) is 0 Å². The van der Waals surface area contributed by atoms with Crippen LogP contribution < -0.4 is 0 Å². The van der Waals surface area contributed by atoms with Crippen LogP contribution in [0.5, 0.6) is 0 Å². The summed E-state index contributed by atoms with van der Waals surface area (Å²) in [4.78, 5) is 4.41. The molecule has 2 aromatic rings. The van der Waals surface area contributed by atoms with E-state index in [1.54, 1.807) is 0 Å². The molecule has 0 aliphatic rings. The lowest BCUT2D eigenvalue weighted by Crippen LogP contribution is -1.88. The summed E-state index contributed by atoms with van der Waals surface area (Å²) in [7, 11) is 0. The lowest BCUT2D eigenvalue weighted by molar-refractivity contribution is 0.828. The Bertz CT molecular complexity index is 620. The van der Waals surface area contributed by atoms with Crippen molar-refractivity contribution in [3.63, 3.8) is 0 Å². The maximum absolute atomic E-state index is 5.96. The largest absolute Gasteiger partial charge is 0.255 e. The molecule has 0 radical (unpaired) electrons. The van der Waals surface area contributed by atoms with Gasteiger partial charge in [0.2, 0.25) is 0 Å². The number of hydrogen-bond donors (Lipinski definition) is 0. The molecular weight excluding hydrogens is 242 g/mol. The molecule has 1 aromatic carbocycles. The molecule has 0 aliphatic heterocycles. The molecule has 92 valence electrons. The first-order chi connectivity index (χ1) is 8.72. The summed E-state index contributed by atoms with van der Waals surface area (Å²) < 4.78 is 0. The van der Waals surface area contributed by atoms with Crippen LogP contribution in [-0.4, -0.2) is 4.98 Å². The molecule has 2 rings (SSSR count). The molecule has 0 spiro atoms. The highest BCUT2D eigenvalue weighted by atomic mass is 35.5. The van der Waals surface area contributed by atoms with Crippen molar-refractivity contribution >= 4 is 22.5 Å². The molecule has 1 aromatic heterocycles. The van der Waals surface area contributed by atoms with Crippen molar-refractivity contribution in [2.24, 2.45) is 0 Å². The van der Waals surface area contributed by atoms with E-state index in [2.05, 4.69) is 30.7 Å². The quantitative estimate of drug-likeness (QED) is 0.559. The van der Waals surface area contributed by atoms with Crippen LogP contribution in [-0.2, 0) is 0 Å². The number of halogens is 1. The van der Waals surface area contributed by atoms with Gasteiger partial charge in [-0.25, -0.2) is 0 Å². The van der Waals surface area contributed by atoms with E-state index < -0.39 is 0 Å². The third-order valence-corrected chi connectivity index (χ3v) is 3.21. The van der Waals surface area contributed by atoms with E-state index in [9.17, 15) is 0 Å². The molecule has 0 bridgehead atoms. The van der Waals surface area contributed by atoms with Gasteiger partial charge >= 0.3 is 0 Å². The molecule has 0 unspecified atom stereocenters. The van der Waals surface area contributed by atoms with Gasteiger partial charge in [0.05, 0.1) is 5.52 Å². The molecule has 2 heteroatoms. The highest BCUT2D eigenvalue weighted by molar-refractivity contribution is 6.31. The fourth-order valence-electron chi connectivity index (χ4n) is 1.85. The topological polar surface area (TPSA) is 12.9 Å². The van der Waals surface area contributed by atoms with Gasteiger partial charge in [0.25, 0.3) is 0 Å². The number of fused-ring (bicyclic) bond motifs is 1. The number of unbranched alkanes of at least 4 members (excludes halogenated alkanes) is 2. The Morgan fingerprint density at radius 2 is 2.17 bits per heavy atom. The number of pyridine rings is 1. The first-order valence-corrected chi connectivity index (χ1v) is 6.64. The van der Waals surface area contributed by atoms with Crippen LogP contribution in [0.3, 0.4) is 0 Å². The minimum absolute atomic E-state index is 0.719. The standard InChI is InChI=1S/C16H16ClN/c1-3-4-5-6-7-13-11-18-16-10-14(17)8-9-15(16)12(13)2/h8-11H,3-5H2,1-2H3. The Labute approximate surface area is 113 Å². The third kappa shape index (κ3) is 2.83. The molecule has 1 nitrogen and oxygen atoms in total. The van der Waals surface area contributed by atoms with Gasteiger partial charge < -0.3 is 0 Å². The predicted octanol–water partition coefficient (Wildman–Crippen LogP) is 4.74. The van der Waals surface area contributed by atoms with Crippen LogP contribution >= 0.6 is 11.6 Å². The van der Waals surface area contributed by atoms with Gasteiger partial charge in [-0.05, 0) is 31.0 Å². The lowest BCUT2D eigenvalue weighted by Gasteiger charge is -2.04. The average Bonchev–Trinajstić information content (AvgIpc) is 2.37. The van der Waals surface area contributed by atoms with Crippen molar-refractivity contribution in [3.05, 3.63) is 40.5 Å². The summed E-state index contributed by atoms with van der Waals surface area (Å²) in [6, 6.07) is 5.79. The van der Waals surface area contributed by atoms with Crippen LogP contribution in [0, 0.1) is 18.8 Å². The summed E-state index contributed by atoms with van der Waals surface area (Å²) in [6.45, 7) is 4.26. The van der Waals surface area contributed by atoms with E-state index >= 15 is 0 Å². The number of benzene rings is 1. The van der Waals surface area contributed by atoms with E-state index in [0.29, 0.717) is 0 Å². The summed E-state index contributed by atoms with van der Waals surface area (Å²) in [6.07, 6.45) is 5.13. The number of nitrogens with zero attached hydrogens (tertiary/aromatic N) is 1. The van der Waals surface area contributed by atoms with Crippen molar-refractivity contribution < 1.29 is 0 Å². The predicted molar refractivity (Wildman–Crippen MR) is 77.9 cm³/mol. The smallest absolute Gasteiger partial charge is 0.0720 e. The molecule has 0 amide bonds. The van der Waals surface area contributed by atoms with Gasteiger partial charge in [-0.2, -0.15) is 0 Å². The second kappa shape index (κ2) is 5.89. The molecule has 0 N–H and O–H groups in total. The number of aryl methyl sites for hydroxylation is 1. The molecular formula is C16H16ClN. The second-order valence-corrected chi connectivity index (χ2v) is 4.80. The first-order valence-electron chi connectivity index (χ1n) is 6.26. The van der Waals surface area contributed by atoms with Crippen LogP contribution in [0.4, 0.5) is 0 Å². The average molecular weight is 258 g/mol. The highest BCUT2D eigenvalue weighted by Gasteiger charge is 2.03. The normalized spacial score (nSPS) is 10.2. The Balaban J connectivity index is 2.38. The summed E-state index contributed by atoms with van der Waals surface area (Å²) in [5.41, 5.74) is 3.13. The van der Waals surface area contributed by atoms with E-state index in [4.69, 9.17) is 11.6 Å². The van der Waals surface area contributed by atoms with Crippen molar-refractivity contribution in [2.75, 3.05) is 0 Å². The minimum atomic E-state index is 0.719. The van der Waals surface area contributed by atoms with Gasteiger partial charge in [0.15, 0.2) is 0 Å². The maximum Gasteiger partial charge on any atom is 0.0720 e. The lowest BCUT2D eigenvalue weighted by atomic mass is 10.1. The summed E-state index contributed by atoms with van der Waals surface area (Å²) >= 11 is 5.96. The van der Waals surface area contributed by atoms with Gasteiger partial charge in [-0.3, -0.25) is 4.98 Å². The highest BCUT2D eigenvalue weighted by Crippen LogP contribution is 2.22. The van der Waals surface area contributed by atoms with E-state index in [-0.39, 0.29) is 0 Å². The van der Waals surface area contributed by atoms with Gasteiger partial charge in [-0.1, -0.05) is 42.9 Å². The van der Waals surface area contributed by atoms with Gasteiger partial charge in [0, 0.05) is 28.6 Å². The Kier molecular flexibility index (Phi) is 4.23. The summed E-state index contributed by atoms with van der Waals surface area (Å²) in [5, 5.41) is 1.85. The second-order valence-electron chi connectivity index (χ2n) is 4.36. The van der Waals surface area contributed by atoms with Crippen molar-refractivity contribution in [3.8, 4) is 11.8 Å². The monoisotopic (exact) mass is 257 g/mol. The molecule has 0 saturated carbocycles. The van der Waals surface area contributed by atoms with Crippen LogP contribution in [0.1, 0.15) is 37.3 Å². The molecule has 0 saturated heterocycles. The van der Waals surface area contributed by atoms with E-state index in [0.717, 1.165) is 34.3 Å². The van der Waals surface area contributed by atoms with Crippen molar-refractivity contribution in [2.45, 2.75) is 33.1 Å². The van der Waals surface area contributed by atoms with E-state index in [1.807, 2.05) is 24.4 Å². The Morgan fingerprint density at radius 1 is 1.33 bits per heavy atom. The third-order valence-electron chi connectivity index (χ3n) is 2.98. The fraction of sp³-hybridized carbons (Fsp3) is 0.312. The first kappa shape index (κ1) is 12.9. The SMILES string of the molecule is CCCCC#Cc1cnc2cc(Cl)ccc2c1C. The van der Waals surface area contributed by atoms with E-state index in [1.165, 1.54) is 12.0 Å². The number of rotatable bonds is 2. The molecule has 0 aliphatic carbocycles. The van der Waals surface area contributed by atoms with Crippen LogP contribution in [0.25, 0.3) is 10.9 Å². The minimum Gasteiger partial charge on any atom is -0.255 e. The van der Waals surface area contributed by atoms with Gasteiger partial charge in [0.1, 0.15) is 0 Å². The zero-order valence-corrected chi connectivity index (χ0v) is 11.5. The Hall–Kier alpha value is -1.52. The molecule has 0 atom stereocenters. The zero-order chi connectivity index (χ0) is 13.0. The summed E-state index contributed by atoms with van der Waals surface area (Å²) in [5.74, 6) is 6.41. The fourth-order valence-corrected chi connectivity index (χ4v) is 2.02.